The normalized spacial score (nSPS) is 17.0. The number of guanidine groups is 1. The molecule has 0 heterocycles. The van der Waals surface area contributed by atoms with E-state index in [9.17, 15) is 0 Å². The van der Waals surface area contributed by atoms with Crippen molar-refractivity contribution in [2.75, 3.05) is 20.6 Å². The zero-order valence-electron chi connectivity index (χ0n) is 14.6. The van der Waals surface area contributed by atoms with Crippen LogP contribution in [0.25, 0.3) is 0 Å². The highest BCUT2D eigenvalue weighted by atomic mass is 127. The van der Waals surface area contributed by atoms with Crippen LogP contribution in [0.4, 0.5) is 0 Å². The zero-order chi connectivity index (χ0) is 15.8. The Balaban J connectivity index is 0.00000264. The predicted octanol–water partition coefficient (Wildman–Crippen LogP) is 3.23. The van der Waals surface area contributed by atoms with Gasteiger partial charge in [0.25, 0.3) is 0 Å². The molecular weight excluding hydrogens is 399 g/mol. The number of halogens is 1. The molecule has 0 amide bonds. The van der Waals surface area contributed by atoms with Gasteiger partial charge in [0, 0.05) is 32.2 Å². The van der Waals surface area contributed by atoms with Gasteiger partial charge in [0.1, 0.15) is 0 Å². The van der Waals surface area contributed by atoms with E-state index in [0.717, 1.165) is 19.0 Å². The number of hydrogen-bond donors (Lipinski definition) is 2. The monoisotopic (exact) mass is 430 g/mol. The van der Waals surface area contributed by atoms with Crippen molar-refractivity contribution in [1.82, 2.24) is 15.5 Å². The van der Waals surface area contributed by atoms with Gasteiger partial charge in [0.15, 0.2) is 5.96 Å². The summed E-state index contributed by atoms with van der Waals surface area (Å²) < 4.78 is 0. The average molecular weight is 430 g/mol. The Labute approximate surface area is 158 Å². The molecule has 5 heteroatoms. The van der Waals surface area contributed by atoms with Gasteiger partial charge in [-0.15, -0.1) is 24.0 Å². The van der Waals surface area contributed by atoms with E-state index < -0.39 is 0 Å². The minimum absolute atomic E-state index is 0. The predicted molar refractivity (Wildman–Crippen MR) is 110 cm³/mol. The van der Waals surface area contributed by atoms with Gasteiger partial charge in [-0.25, -0.2) is 0 Å². The van der Waals surface area contributed by atoms with Crippen molar-refractivity contribution >= 4 is 29.9 Å². The Morgan fingerprint density at radius 2 is 1.91 bits per heavy atom. The molecule has 1 unspecified atom stereocenters. The summed E-state index contributed by atoms with van der Waals surface area (Å²) in [6, 6.07) is 11.7. The maximum Gasteiger partial charge on any atom is 0.191 e. The highest BCUT2D eigenvalue weighted by Gasteiger charge is 2.16. The van der Waals surface area contributed by atoms with Crippen molar-refractivity contribution in [1.29, 1.82) is 0 Å². The van der Waals surface area contributed by atoms with Gasteiger partial charge < -0.3 is 10.6 Å². The van der Waals surface area contributed by atoms with Crippen molar-refractivity contribution in [3.63, 3.8) is 0 Å². The third-order valence-electron chi connectivity index (χ3n) is 4.51. The summed E-state index contributed by atoms with van der Waals surface area (Å²) in [4.78, 5) is 6.71. The SMILES string of the molecule is CN=C(NCC(C)N(C)Cc1ccccc1)NC1CCCC1.I. The van der Waals surface area contributed by atoms with E-state index in [1.807, 2.05) is 7.05 Å². The Morgan fingerprint density at radius 3 is 2.52 bits per heavy atom. The fraction of sp³-hybridized carbons (Fsp3) is 0.611. The number of aliphatic imine (C=N–C) groups is 1. The average Bonchev–Trinajstić information content (AvgIpc) is 3.05. The molecule has 0 saturated heterocycles. The number of likely N-dealkylation sites (N-methyl/N-ethyl adjacent to an activating group) is 1. The van der Waals surface area contributed by atoms with E-state index in [1.54, 1.807) is 0 Å². The van der Waals surface area contributed by atoms with Crippen LogP contribution in [0, 0.1) is 0 Å². The van der Waals surface area contributed by atoms with Crippen LogP contribution in [-0.4, -0.2) is 43.6 Å². The molecule has 1 aromatic rings. The standard InChI is InChI=1S/C18H30N4.HI/c1-15(22(3)14-16-9-5-4-6-10-16)13-20-18(19-2)21-17-11-7-8-12-17;/h4-6,9-10,15,17H,7-8,11-14H2,1-3H3,(H2,19,20,21);1H. The second kappa shape index (κ2) is 10.9. The molecule has 1 aliphatic rings. The molecule has 1 fully saturated rings. The van der Waals surface area contributed by atoms with E-state index in [1.165, 1.54) is 31.2 Å². The van der Waals surface area contributed by atoms with Crippen LogP contribution < -0.4 is 10.6 Å². The molecule has 0 spiro atoms. The first-order valence-corrected chi connectivity index (χ1v) is 8.40. The molecule has 1 aromatic carbocycles. The Hall–Kier alpha value is -0.820. The molecule has 0 radical (unpaired) electrons. The molecule has 23 heavy (non-hydrogen) atoms. The summed E-state index contributed by atoms with van der Waals surface area (Å²) in [5, 5.41) is 6.99. The molecule has 130 valence electrons. The first-order valence-electron chi connectivity index (χ1n) is 8.40. The first kappa shape index (κ1) is 20.2. The lowest BCUT2D eigenvalue weighted by Gasteiger charge is -2.26. The number of nitrogens with one attached hydrogen (secondary N) is 2. The maximum atomic E-state index is 4.34. The molecule has 1 saturated carbocycles. The highest BCUT2D eigenvalue weighted by molar-refractivity contribution is 14.0. The van der Waals surface area contributed by atoms with E-state index >= 15 is 0 Å². The number of benzene rings is 1. The number of rotatable bonds is 6. The second-order valence-corrected chi connectivity index (χ2v) is 6.33. The summed E-state index contributed by atoms with van der Waals surface area (Å²) in [7, 11) is 4.02. The molecular formula is C18H31IN4. The van der Waals surface area contributed by atoms with Crippen LogP contribution in [0.15, 0.2) is 35.3 Å². The molecule has 4 nitrogen and oxygen atoms in total. The van der Waals surface area contributed by atoms with Crippen molar-refractivity contribution in [2.24, 2.45) is 4.99 Å². The molecule has 2 N–H and O–H groups in total. The van der Waals surface area contributed by atoms with E-state index in [0.29, 0.717) is 12.1 Å². The Kier molecular flexibility index (Phi) is 9.55. The third kappa shape index (κ3) is 7.08. The van der Waals surface area contributed by atoms with Gasteiger partial charge in [-0.05, 0) is 32.4 Å². The lowest BCUT2D eigenvalue weighted by atomic mass is 10.2. The maximum absolute atomic E-state index is 4.34. The van der Waals surface area contributed by atoms with Gasteiger partial charge in [0.05, 0.1) is 0 Å². The Morgan fingerprint density at radius 1 is 1.26 bits per heavy atom. The van der Waals surface area contributed by atoms with Gasteiger partial charge in [0.2, 0.25) is 0 Å². The summed E-state index contributed by atoms with van der Waals surface area (Å²) in [5.74, 6) is 0.937. The number of nitrogens with zero attached hydrogens (tertiary/aromatic N) is 2. The van der Waals surface area contributed by atoms with Gasteiger partial charge in [-0.1, -0.05) is 43.2 Å². The second-order valence-electron chi connectivity index (χ2n) is 6.33. The first-order chi connectivity index (χ1) is 10.7. The van der Waals surface area contributed by atoms with Crippen LogP contribution >= 0.6 is 24.0 Å². The van der Waals surface area contributed by atoms with Gasteiger partial charge >= 0.3 is 0 Å². The van der Waals surface area contributed by atoms with Gasteiger partial charge in [-0.2, -0.15) is 0 Å². The minimum Gasteiger partial charge on any atom is -0.355 e. The van der Waals surface area contributed by atoms with Crippen molar-refractivity contribution < 1.29 is 0 Å². The topological polar surface area (TPSA) is 39.7 Å². The summed E-state index contributed by atoms with van der Waals surface area (Å²) in [5.41, 5.74) is 1.35. The highest BCUT2D eigenvalue weighted by Crippen LogP contribution is 2.17. The fourth-order valence-corrected chi connectivity index (χ4v) is 2.89. The largest absolute Gasteiger partial charge is 0.355 e. The third-order valence-corrected chi connectivity index (χ3v) is 4.51. The van der Waals surface area contributed by atoms with Crippen LogP contribution in [0.2, 0.25) is 0 Å². The lowest BCUT2D eigenvalue weighted by molar-refractivity contribution is 0.249. The van der Waals surface area contributed by atoms with Crippen molar-refractivity contribution in [3.8, 4) is 0 Å². The summed E-state index contributed by atoms with van der Waals surface area (Å²) in [6.45, 7) is 4.12. The van der Waals surface area contributed by atoms with E-state index in [4.69, 9.17) is 0 Å². The molecule has 0 aliphatic heterocycles. The molecule has 0 bridgehead atoms. The van der Waals surface area contributed by atoms with Crippen LogP contribution in [-0.2, 0) is 6.54 Å². The fourth-order valence-electron chi connectivity index (χ4n) is 2.89. The molecule has 2 rings (SSSR count). The Bertz CT molecular complexity index is 457. The summed E-state index contributed by atoms with van der Waals surface area (Å²) >= 11 is 0. The van der Waals surface area contributed by atoms with Crippen molar-refractivity contribution in [2.45, 2.75) is 51.2 Å². The molecule has 1 atom stereocenters. The van der Waals surface area contributed by atoms with Crippen LogP contribution in [0.5, 0.6) is 0 Å². The summed E-state index contributed by atoms with van der Waals surface area (Å²) in [6.07, 6.45) is 5.21. The smallest absolute Gasteiger partial charge is 0.191 e. The van der Waals surface area contributed by atoms with Crippen LogP contribution in [0.3, 0.4) is 0 Å². The molecule has 1 aliphatic carbocycles. The van der Waals surface area contributed by atoms with E-state index in [-0.39, 0.29) is 24.0 Å². The van der Waals surface area contributed by atoms with Crippen LogP contribution in [0.1, 0.15) is 38.2 Å². The molecule has 0 aromatic heterocycles. The van der Waals surface area contributed by atoms with E-state index in [2.05, 4.69) is 64.8 Å². The number of hydrogen-bond acceptors (Lipinski definition) is 2. The lowest BCUT2D eigenvalue weighted by Crippen LogP contribution is -2.47. The van der Waals surface area contributed by atoms with Crippen molar-refractivity contribution in [3.05, 3.63) is 35.9 Å². The zero-order valence-corrected chi connectivity index (χ0v) is 16.9. The quantitative estimate of drug-likeness (QED) is 0.414. The van der Waals surface area contributed by atoms with Gasteiger partial charge in [-0.3, -0.25) is 9.89 Å². The minimum atomic E-state index is 0.